The van der Waals surface area contributed by atoms with Crippen molar-refractivity contribution < 1.29 is 14.3 Å². The Hall–Kier alpha value is -0.770. The predicted octanol–water partition coefficient (Wildman–Crippen LogP) is 1.42. The molecule has 4 nitrogen and oxygen atoms in total. The number of rotatable bonds is 7. The molecule has 0 fully saturated rings. The average molecular weight is 236 g/mol. The van der Waals surface area contributed by atoms with Gasteiger partial charge in [-0.3, -0.25) is 9.59 Å². The number of nitrogens with zero attached hydrogens (tertiary/aromatic N) is 1. The van der Waals surface area contributed by atoms with Crippen LogP contribution in [-0.4, -0.2) is 42.4 Å². The van der Waals surface area contributed by atoms with Gasteiger partial charge in [0.05, 0.1) is 0 Å². The third kappa shape index (κ3) is 6.33. The first-order chi connectivity index (χ1) is 7.15. The van der Waals surface area contributed by atoms with Crippen molar-refractivity contribution in [1.82, 2.24) is 4.90 Å². The van der Waals surface area contributed by atoms with Crippen LogP contribution in [0, 0.1) is 0 Å². The highest BCUT2D eigenvalue weighted by Crippen LogP contribution is 1.96. The lowest BCUT2D eigenvalue weighted by atomic mass is 10.3. The number of hydrogen-bond donors (Lipinski definition) is 0. The lowest BCUT2D eigenvalue weighted by Crippen LogP contribution is -2.36. The number of hydrogen-bond acceptors (Lipinski definition) is 3. The maximum Gasteiger partial charge on any atom is 0.321 e. The molecule has 0 aromatic carbocycles. The molecular weight excluding hydrogens is 218 g/mol. The SMILES string of the molecule is CCCN(CCC)C(=O)COC(=O)CCl. The summed E-state index contributed by atoms with van der Waals surface area (Å²) in [6, 6.07) is 0. The first-order valence-electron chi connectivity index (χ1n) is 5.15. The van der Waals surface area contributed by atoms with Crippen molar-refractivity contribution in [3.63, 3.8) is 0 Å². The number of esters is 1. The van der Waals surface area contributed by atoms with E-state index in [9.17, 15) is 9.59 Å². The van der Waals surface area contributed by atoms with E-state index in [2.05, 4.69) is 4.74 Å². The molecule has 0 aliphatic rings. The smallest absolute Gasteiger partial charge is 0.321 e. The van der Waals surface area contributed by atoms with Crippen LogP contribution in [0.15, 0.2) is 0 Å². The van der Waals surface area contributed by atoms with Crippen LogP contribution in [0.5, 0.6) is 0 Å². The van der Waals surface area contributed by atoms with Crippen LogP contribution < -0.4 is 0 Å². The summed E-state index contributed by atoms with van der Waals surface area (Å²) in [5.41, 5.74) is 0. The Morgan fingerprint density at radius 1 is 1.20 bits per heavy atom. The second-order valence-electron chi connectivity index (χ2n) is 3.18. The Morgan fingerprint density at radius 3 is 2.13 bits per heavy atom. The third-order valence-corrected chi connectivity index (χ3v) is 2.02. The molecule has 0 aromatic heterocycles. The molecule has 0 aliphatic carbocycles. The van der Waals surface area contributed by atoms with E-state index in [0.717, 1.165) is 12.8 Å². The van der Waals surface area contributed by atoms with Gasteiger partial charge < -0.3 is 9.64 Å². The quantitative estimate of drug-likeness (QED) is 0.495. The van der Waals surface area contributed by atoms with Gasteiger partial charge in [0.15, 0.2) is 6.61 Å². The van der Waals surface area contributed by atoms with Crippen LogP contribution in [0.1, 0.15) is 26.7 Å². The van der Waals surface area contributed by atoms with E-state index in [-0.39, 0.29) is 18.4 Å². The van der Waals surface area contributed by atoms with Crippen LogP contribution in [0.3, 0.4) is 0 Å². The molecular formula is C10H18ClNO3. The van der Waals surface area contributed by atoms with Gasteiger partial charge in [0.25, 0.3) is 5.91 Å². The summed E-state index contributed by atoms with van der Waals surface area (Å²) in [6.07, 6.45) is 1.80. The van der Waals surface area contributed by atoms with E-state index in [0.29, 0.717) is 13.1 Å². The first-order valence-corrected chi connectivity index (χ1v) is 5.68. The summed E-state index contributed by atoms with van der Waals surface area (Å²) >= 11 is 5.24. The Labute approximate surface area is 95.5 Å². The molecule has 0 atom stereocenters. The minimum atomic E-state index is -0.557. The average Bonchev–Trinajstić information content (AvgIpc) is 2.25. The molecule has 0 aliphatic heterocycles. The minimum absolute atomic E-state index is 0.155. The molecule has 0 radical (unpaired) electrons. The van der Waals surface area contributed by atoms with E-state index in [1.54, 1.807) is 4.90 Å². The second kappa shape index (κ2) is 8.53. The second-order valence-corrected chi connectivity index (χ2v) is 3.44. The fraction of sp³-hybridized carbons (Fsp3) is 0.800. The molecule has 0 spiro atoms. The number of halogens is 1. The summed E-state index contributed by atoms with van der Waals surface area (Å²) in [7, 11) is 0. The molecule has 88 valence electrons. The van der Waals surface area contributed by atoms with Crippen molar-refractivity contribution in [2.45, 2.75) is 26.7 Å². The molecule has 0 saturated carbocycles. The molecule has 0 rings (SSSR count). The van der Waals surface area contributed by atoms with Crippen LogP contribution in [0.2, 0.25) is 0 Å². The predicted molar refractivity (Wildman–Crippen MR) is 58.8 cm³/mol. The lowest BCUT2D eigenvalue weighted by molar-refractivity contribution is -0.150. The molecule has 0 N–H and O–H groups in total. The number of carbonyl (C=O) groups is 2. The number of amides is 1. The molecule has 5 heteroatoms. The summed E-state index contributed by atoms with van der Waals surface area (Å²) in [4.78, 5) is 24.0. The van der Waals surface area contributed by atoms with Crippen molar-refractivity contribution in [3.8, 4) is 0 Å². The van der Waals surface area contributed by atoms with Gasteiger partial charge in [-0.1, -0.05) is 13.8 Å². The standard InChI is InChI=1S/C10H18ClNO3/c1-3-5-12(6-4-2)9(13)8-15-10(14)7-11/h3-8H2,1-2H3. The van der Waals surface area contributed by atoms with Crippen LogP contribution >= 0.6 is 11.6 Å². The molecule has 1 amide bonds. The molecule has 0 aromatic rings. The highest BCUT2D eigenvalue weighted by atomic mass is 35.5. The van der Waals surface area contributed by atoms with Crippen molar-refractivity contribution in [2.75, 3.05) is 25.6 Å². The summed E-state index contributed by atoms with van der Waals surface area (Å²) in [5.74, 6) is -0.926. The maximum absolute atomic E-state index is 11.5. The minimum Gasteiger partial charge on any atom is -0.455 e. The molecule has 0 heterocycles. The van der Waals surface area contributed by atoms with E-state index in [4.69, 9.17) is 11.6 Å². The monoisotopic (exact) mass is 235 g/mol. The van der Waals surface area contributed by atoms with Crippen molar-refractivity contribution in [2.24, 2.45) is 0 Å². The zero-order valence-corrected chi connectivity index (χ0v) is 10.0. The van der Waals surface area contributed by atoms with Crippen LogP contribution in [0.25, 0.3) is 0 Å². The number of carbonyl (C=O) groups excluding carboxylic acids is 2. The third-order valence-electron chi connectivity index (χ3n) is 1.81. The lowest BCUT2D eigenvalue weighted by Gasteiger charge is -2.20. The molecule has 0 bridgehead atoms. The number of alkyl halides is 1. The Bertz CT molecular complexity index is 203. The molecule has 15 heavy (non-hydrogen) atoms. The number of ether oxygens (including phenoxy) is 1. The Kier molecular flexibility index (Phi) is 8.09. The van der Waals surface area contributed by atoms with E-state index in [1.165, 1.54) is 0 Å². The van der Waals surface area contributed by atoms with E-state index >= 15 is 0 Å². The maximum atomic E-state index is 11.5. The van der Waals surface area contributed by atoms with E-state index < -0.39 is 5.97 Å². The van der Waals surface area contributed by atoms with Gasteiger partial charge in [0.2, 0.25) is 0 Å². The zero-order chi connectivity index (χ0) is 11.7. The van der Waals surface area contributed by atoms with Gasteiger partial charge in [-0.05, 0) is 12.8 Å². The van der Waals surface area contributed by atoms with Crippen molar-refractivity contribution in [3.05, 3.63) is 0 Å². The highest BCUT2D eigenvalue weighted by molar-refractivity contribution is 6.26. The summed E-state index contributed by atoms with van der Waals surface area (Å²) < 4.78 is 4.66. The summed E-state index contributed by atoms with van der Waals surface area (Å²) in [6.45, 7) is 5.20. The summed E-state index contributed by atoms with van der Waals surface area (Å²) in [5, 5.41) is 0. The van der Waals surface area contributed by atoms with Gasteiger partial charge in [0.1, 0.15) is 5.88 Å². The first kappa shape index (κ1) is 14.2. The van der Waals surface area contributed by atoms with Gasteiger partial charge >= 0.3 is 5.97 Å². The highest BCUT2D eigenvalue weighted by Gasteiger charge is 2.13. The normalized spacial score (nSPS) is 9.80. The van der Waals surface area contributed by atoms with Gasteiger partial charge in [-0.2, -0.15) is 0 Å². The van der Waals surface area contributed by atoms with E-state index in [1.807, 2.05) is 13.8 Å². The van der Waals surface area contributed by atoms with Crippen LogP contribution in [0.4, 0.5) is 0 Å². The largest absolute Gasteiger partial charge is 0.455 e. The van der Waals surface area contributed by atoms with Crippen molar-refractivity contribution in [1.29, 1.82) is 0 Å². The molecule has 0 unspecified atom stereocenters. The zero-order valence-electron chi connectivity index (χ0n) is 9.29. The topological polar surface area (TPSA) is 46.6 Å². The van der Waals surface area contributed by atoms with Crippen molar-refractivity contribution >= 4 is 23.5 Å². The Balaban J connectivity index is 3.96. The Morgan fingerprint density at radius 2 is 1.73 bits per heavy atom. The fourth-order valence-corrected chi connectivity index (χ4v) is 1.25. The van der Waals surface area contributed by atoms with Crippen LogP contribution in [-0.2, 0) is 14.3 Å². The molecule has 0 saturated heterocycles. The van der Waals surface area contributed by atoms with Gasteiger partial charge in [-0.25, -0.2) is 0 Å². The van der Waals surface area contributed by atoms with Gasteiger partial charge in [-0.15, -0.1) is 11.6 Å². The van der Waals surface area contributed by atoms with Gasteiger partial charge in [0, 0.05) is 13.1 Å². The fourth-order valence-electron chi connectivity index (χ4n) is 1.17.